The fraction of sp³-hybridized carbons (Fsp3) is 0.333. The molecule has 0 fully saturated rings. The van der Waals surface area contributed by atoms with E-state index in [9.17, 15) is 0 Å². The Bertz CT molecular complexity index is 513. The van der Waals surface area contributed by atoms with Gasteiger partial charge in [0.05, 0.1) is 11.3 Å². The van der Waals surface area contributed by atoms with Crippen molar-refractivity contribution in [3.8, 4) is 0 Å². The molecule has 0 aliphatic carbocycles. The molecule has 1 aromatic carbocycles. The summed E-state index contributed by atoms with van der Waals surface area (Å²) in [6.07, 6.45) is 3.66. The molecule has 0 saturated carbocycles. The van der Waals surface area contributed by atoms with Gasteiger partial charge in [-0.05, 0) is 65.4 Å². The molecule has 0 saturated heterocycles. The fourth-order valence-corrected chi connectivity index (χ4v) is 2.51. The van der Waals surface area contributed by atoms with Gasteiger partial charge < -0.3 is 9.73 Å². The molecule has 2 aromatic rings. The lowest BCUT2D eigenvalue weighted by Gasteiger charge is -2.18. The van der Waals surface area contributed by atoms with Gasteiger partial charge in [-0.3, -0.25) is 0 Å². The number of benzene rings is 1. The van der Waals surface area contributed by atoms with E-state index in [1.807, 2.05) is 18.2 Å². The summed E-state index contributed by atoms with van der Waals surface area (Å²) in [6.45, 7) is 3.15. The summed E-state index contributed by atoms with van der Waals surface area (Å²) < 4.78 is 6.52. The lowest BCUT2D eigenvalue weighted by Crippen LogP contribution is -2.24. The number of rotatable bonds is 6. The van der Waals surface area contributed by atoms with Gasteiger partial charge in [-0.15, -0.1) is 0 Å². The van der Waals surface area contributed by atoms with Crippen LogP contribution in [-0.4, -0.2) is 6.54 Å². The van der Waals surface area contributed by atoms with Crippen LogP contribution in [0.25, 0.3) is 0 Å². The number of halogens is 2. The number of nitrogens with one attached hydrogen (secondary N) is 1. The first-order valence-electron chi connectivity index (χ1n) is 6.41. The highest BCUT2D eigenvalue weighted by Gasteiger charge is 2.14. The van der Waals surface area contributed by atoms with E-state index >= 15 is 0 Å². The molecule has 2 rings (SSSR count). The average molecular weight is 390 g/mol. The summed E-state index contributed by atoms with van der Waals surface area (Å²) in [6, 6.07) is 10.4. The molecule has 2 nitrogen and oxygen atoms in total. The topological polar surface area (TPSA) is 25.2 Å². The Morgan fingerprint density at radius 2 is 2.21 bits per heavy atom. The molecular weight excluding hydrogens is 373 g/mol. The number of hydrogen-bond acceptors (Lipinski definition) is 2. The van der Waals surface area contributed by atoms with Crippen LogP contribution in [0, 0.1) is 3.57 Å². The van der Waals surface area contributed by atoms with Gasteiger partial charge in [-0.25, -0.2) is 0 Å². The van der Waals surface area contributed by atoms with Crippen LogP contribution in [0.4, 0.5) is 0 Å². The third kappa shape index (κ3) is 4.23. The molecule has 0 amide bonds. The minimum atomic E-state index is 0.237. The van der Waals surface area contributed by atoms with Crippen molar-refractivity contribution < 1.29 is 4.42 Å². The maximum atomic E-state index is 6.22. The molecule has 19 heavy (non-hydrogen) atoms. The first-order chi connectivity index (χ1) is 9.20. The zero-order valence-corrected chi connectivity index (χ0v) is 13.7. The molecular formula is C15H17ClINO. The third-order valence-electron chi connectivity index (χ3n) is 2.97. The monoisotopic (exact) mass is 389 g/mol. The lowest BCUT2D eigenvalue weighted by atomic mass is 10.0. The van der Waals surface area contributed by atoms with Gasteiger partial charge in [0.1, 0.15) is 5.76 Å². The van der Waals surface area contributed by atoms with Gasteiger partial charge in [0.2, 0.25) is 0 Å². The summed E-state index contributed by atoms with van der Waals surface area (Å²) in [5.74, 6) is 0.989. The van der Waals surface area contributed by atoms with Crippen molar-refractivity contribution in [1.82, 2.24) is 5.32 Å². The van der Waals surface area contributed by atoms with Crippen LogP contribution in [0.2, 0.25) is 5.02 Å². The second-order valence-corrected chi connectivity index (χ2v) is 6.03. The Morgan fingerprint density at radius 3 is 2.84 bits per heavy atom. The van der Waals surface area contributed by atoms with E-state index in [1.165, 1.54) is 5.56 Å². The van der Waals surface area contributed by atoms with Gasteiger partial charge in [-0.1, -0.05) is 24.6 Å². The first kappa shape index (κ1) is 14.9. The third-order valence-corrected chi connectivity index (χ3v) is 4.54. The molecule has 4 heteroatoms. The summed E-state index contributed by atoms with van der Waals surface area (Å²) >= 11 is 8.46. The Hall–Kier alpha value is -0.520. The van der Waals surface area contributed by atoms with E-state index in [0.29, 0.717) is 0 Å². The number of furan rings is 1. The van der Waals surface area contributed by atoms with Crippen LogP contribution in [0.3, 0.4) is 0 Å². The Balaban J connectivity index is 2.18. The minimum Gasteiger partial charge on any atom is -0.469 e. The molecule has 0 radical (unpaired) electrons. The van der Waals surface area contributed by atoms with Crippen molar-refractivity contribution in [3.63, 3.8) is 0 Å². The molecule has 1 atom stereocenters. The molecule has 0 aliphatic heterocycles. The zero-order valence-electron chi connectivity index (χ0n) is 10.8. The Kier molecular flexibility index (Phi) is 5.73. The van der Waals surface area contributed by atoms with Crippen molar-refractivity contribution in [2.45, 2.75) is 25.8 Å². The predicted molar refractivity (Wildman–Crippen MR) is 87.6 cm³/mol. The van der Waals surface area contributed by atoms with E-state index in [2.05, 4.69) is 47.0 Å². The normalized spacial score (nSPS) is 12.6. The fourth-order valence-electron chi connectivity index (χ4n) is 1.99. The van der Waals surface area contributed by atoms with Crippen LogP contribution in [0.15, 0.2) is 41.0 Å². The van der Waals surface area contributed by atoms with E-state index in [1.54, 1.807) is 6.26 Å². The number of hydrogen-bond donors (Lipinski definition) is 1. The minimum absolute atomic E-state index is 0.237. The maximum absolute atomic E-state index is 6.22. The van der Waals surface area contributed by atoms with Crippen molar-refractivity contribution >= 4 is 34.2 Å². The van der Waals surface area contributed by atoms with Crippen molar-refractivity contribution in [1.29, 1.82) is 0 Å². The van der Waals surface area contributed by atoms with Crippen LogP contribution in [0.5, 0.6) is 0 Å². The maximum Gasteiger partial charge on any atom is 0.105 e. The van der Waals surface area contributed by atoms with E-state index in [4.69, 9.17) is 16.0 Å². The summed E-state index contributed by atoms with van der Waals surface area (Å²) in [4.78, 5) is 0. The summed E-state index contributed by atoms with van der Waals surface area (Å²) in [7, 11) is 0. The molecule has 0 spiro atoms. The molecule has 102 valence electrons. The Labute approximate surface area is 132 Å². The molecule has 1 heterocycles. The van der Waals surface area contributed by atoms with Gasteiger partial charge >= 0.3 is 0 Å². The van der Waals surface area contributed by atoms with Crippen molar-refractivity contribution in [3.05, 3.63) is 56.5 Å². The Morgan fingerprint density at radius 1 is 1.37 bits per heavy atom. The summed E-state index contributed by atoms with van der Waals surface area (Å²) in [5.41, 5.74) is 1.20. The van der Waals surface area contributed by atoms with Gasteiger partial charge in [-0.2, -0.15) is 0 Å². The molecule has 0 bridgehead atoms. The zero-order chi connectivity index (χ0) is 13.7. The SMILES string of the molecule is CCCNC(Cc1ccco1)c1ccc(I)c(Cl)c1. The highest BCUT2D eigenvalue weighted by Crippen LogP contribution is 2.25. The molecule has 1 unspecified atom stereocenters. The van der Waals surface area contributed by atoms with Crippen molar-refractivity contribution in [2.75, 3.05) is 6.54 Å². The van der Waals surface area contributed by atoms with Gasteiger partial charge in [0.15, 0.2) is 0 Å². The molecule has 1 N–H and O–H groups in total. The predicted octanol–water partition coefficient (Wildman–Crippen LogP) is 4.82. The van der Waals surface area contributed by atoms with Crippen LogP contribution in [-0.2, 0) is 6.42 Å². The van der Waals surface area contributed by atoms with E-state index in [-0.39, 0.29) is 6.04 Å². The van der Waals surface area contributed by atoms with E-state index < -0.39 is 0 Å². The van der Waals surface area contributed by atoms with Crippen molar-refractivity contribution in [2.24, 2.45) is 0 Å². The van der Waals surface area contributed by atoms with Crippen LogP contribution in [0.1, 0.15) is 30.7 Å². The van der Waals surface area contributed by atoms with Gasteiger partial charge in [0.25, 0.3) is 0 Å². The molecule has 1 aromatic heterocycles. The quantitative estimate of drug-likeness (QED) is 0.717. The second-order valence-electron chi connectivity index (χ2n) is 4.46. The summed E-state index contributed by atoms with van der Waals surface area (Å²) in [5, 5.41) is 4.36. The first-order valence-corrected chi connectivity index (χ1v) is 7.87. The highest BCUT2D eigenvalue weighted by atomic mass is 127. The second kappa shape index (κ2) is 7.31. The smallest absolute Gasteiger partial charge is 0.105 e. The average Bonchev–Trinajstić information content (AvgIpc) is 2.91. The lowest BCUT2D eigenvalue weighted by molar-refractivity contribution is 0.449. The van der Waals surface area contributed by atoms with Crippen LogP contribution >= 0.6 is 34.2 Å². The largest absolute Gasteiger partial charge is 0.469 e. The van der Waals surface area contributed by atoms with Gasteiger partial charge in [0, 0.05) is 16.0 Å². The highest BCUT2D eigenvalue weighted by molar-refractivity contribution is 14.1. The van der Waals surface area contributed by atoms with E-state index in [0.717, 1.165) is 33.7 Å². The molecule has 0 aliphatic rings. The van der Waals surface area contributed by atoms with Crippen LogP contribution < -0.4 is 5.32 Å². The standard InChI is InChI=1S/C15H17ClINO/c1-2-7-18-15(10-12-4-3-8-19-12)11-5-6-14(17)13(16)9-11/h3-6,8-9,15,18H,2,7,10H2,1H3.